The Balaban J connectivity index is 1.97. The summed E-state index contributed by atoms with van der Waals surface area (Å²) < 4.78 is 57.3. The Morgan fingerprint density at radius 1 is 0.897 bits per heavy atom. The van der Waals surface area contributed by atoms with Crippen molar-refractivity contribution in [3.8, 4) is 11.5 Å². The molecule has 3 aromatic carbocycles. The van der Waals surface area contributed by atoms with Gasteiger partial charge in [-0.2, -0.15) is 0 Å². The number of hydrogen-bond donors (Lipinski definition) is 0. The summed E-state index contributed by atoms with van der Waals surface area (Å²) in [5.41, 5.74) is -0.120. The van der Waals surface area contributed by atoms with Gasteiger partial charge in [0.2, 0.25) is 5.78 Å². The number of carbonyl (C=O) groups is 1. The third-order valence-corrected chi connectivity index (χ3v) is 4.01. The molecule has 7 heteroatoms. The fourth-order valence-corrected chi connectivity index (χ4v) is 2.66. The van der Waals surface area contributed by atoms with Crippen molar-refractivity contribution in [2.75, 3.05) is 13.9 Å². The maximum absolute atomic E-state index is 14.1. The third kappa shape index (κ3) is 4.94. The lowest BCUT2D eigenvalue weighted by Crippen LogP contribution is -2.11. The Labute approximate surface area is 165 Å². The quantitative estimate of drug-likeness (QED) is 0.397. The second-order valence-electron chi connectivity index (χ2n) is 6.06. The number of hydrogen-bond acceptors (Lipinski definition) is 4. The molecule has 0 heterocycles. The fraction of sp³-hybridized carbons (Fsp3) is 0.136. The van der Waals surface area contributed by atoms with Crippen molar-refractivity contribution >= 4 is 5.78 Å². The van der Waals surface area contributed by atoms with Crippen molar-refractivity contribution in [1.29, 1.82) is 0 Å². The van der Waals surface area contributed by atoms with Crippen molar-refractivity contribution < 1.29 is 32.2 Å². The highest BCUT2D eigenvalue weighted by Crippen LogP contribution is 2.30. The minimum Gasteiger partial charge on any atom is -0.488 e. The maximum atomic E-state index is 14.1. The molecule has 0 unspecified atom stereocenters. The molecule has 0 N–H and O–H groups in total. The highest BCUT2D eigenvalue weighted by Gasteiger charge is 2.24. The van der Waals surface area contributed by atoms with Crippen LogP contribution in [0.1, 0.15) is 21.5 Å². The Hall–Kier alpha value is -3.32. The van der Waals surface area contributed by atoms with Gasteiger partial charge in [-0.3, -0.25) is 4.79 Å². The molecule has 0 spiro atoms. The number of carbonyl (C=O) groups excluding carboxylic acids is 1. The minimum atomic E-state index is -1.29. The van der Waals surface area contributed by atoms with Crippen molar-refractivity contribution in [3.05, 3.63) is 94.8 Å². The first-order valence-electron chi connectivity index (χ1n) is 8.61. The summed E-state index contributed by atoms with van der Waals surface area (Å²) in [5, 5.41) is 0. The zero-order valence-corrected chi connectivity index (χ0v) is 15.5. The van der Waals surface area contributed by atoms with Crippen LogP contribution in [-0.4, -0.2) is 19.7 Å². The number of benzene rings is 3. The summed E-state index contributed by atoms with van der Waals surface area (Å²) in [6, 6.07) is 14.3. The second-order valence-corrected chi connectivity index (χ2v) is 6.06. The van der Waals surface area contributed by atoms with E-state index in [2.05, 4.69) is 0 Å². The van der Waals surface area contributed by atoms with E-state index >= 15 is 0 Å². The predicted octanol–water partition coefficient (Wildman–Crippen LogP) is 4.90. The molecule has 0 aromatic heterocycles. The average molecular weight is 402 g/mol. The van der Waals surface area contributed by atoms with Crippen LogP contribution < -0.4 is 9.47 Å². The molecule has 0 aliphatic rings. The van der Waals surface area contributed by atoms with E-state index in [9.17, 15) is 18.0 Å². The fourth-order valence-electron chi connectivity index (χ4n) is 2.66. The topological polar surface area (TPSA) is 44.8 Å². The standard InChI is InChI=1S/C22H17F3O4/c1-27-13-29-16-7-8-17(20(11-16)28-12-14-5-3-2-4-6-14)22(26)21-18(24)9-15(23)10-19(21)25/h2-11H,12-13H2,1H3. The minimum absolute atomic E-state index is 0.0351. The zero-order valence-electron chi connectivity index (χ0n) is 15.5. The molecule has 0 saturated carbocycles. The van der Waals surface area contributed by atoms with Gasteiger partial charge in [0, 0.05) is 25.3 Å². The van der Waals surface area contributed by atoms with Crippen LogP contribution >= 0.6 is 0 Å². The lowest BCUT2D eigenvalue weighted by molar-refractivity contribution is 0.0509. The first kappa shape index (κ1) is 20.4. The summed E-state index contributed by atoms with van der Waals surface area (Å²) in [5.74, 6) is -4.26. The van der Waals surface area contributed by atoms with E-state index in [4.69, 9.17) is 14.2 Å². The lowest BCUT2D eigenvalue weighted by atomic mass is 10.0. The predicted molar refractivity (Wildman–Crippen MR) is 99.5 cm³/mol. The van der Waals surface area contributed by atoms with E-state index < -0.39 is 28.8 Å². The van der Waals surface area contributed by atoms with Crippen LogP contribution in [0.25, 0.3) is 0 Å². The third-order valence-electron chi connectivity index (χ3n) is 4.01. The maximum Gasteiger partial charge on any atom is 0.202 e. The van der Waals surface area contributed by atoms with Crippen LogP contribution in [0, 0.1) is 17.5 Å². The monoisotopic (exact) mass is 402 g/mol. The largest absolute Gasteiger partial charge is 0.488 e. The Morgan fingerprint density at radius 3 is 2.24 bits per heavy atom. The van der Waals surface area contributed by atoms with E-state index in [0.717, 1.165) is 5.56 Å². The summed E-state index contributed by atoms with van der Waals surface area (Å²) in [6.07, 6.45) is 0. The summed E-state index contributed by atoms with van der Waals surface area (Å²) >= 11 is 0. The van der Waals surface area contributed by atoms with E-state index in [1.807, 2.05) is 30.3 Å². The van der Waals surface area contributed by atoms with E-state index in [1.165, 1.54) is 25.3 Å². The van der Waals surface area contributed by atoms with Gasteiger partial charge in [-0.15, -0.1) is 0 Å². The van der Waals surface area contributed by atoms with Gasteiger partial charge in [-0.1, -0.05) is 30.3 Å². The molecule has 0 bridgehead atoms. The average Bonchev–Trinajstić information content (AvgIpc) is 2.70. The van der Waals surface area contributed by atoms with E-state index in [1.54, 1.807) is 0 Å². The van der Waals surface area contributed by atoms with Gasteiger partial charge in [0.1, 0.15) is 35.6 Å². The summed E-state index contributed by atoms with van der Waals surface area (Å²) in [6.45, 7) is 0.0792. The molecule has 0 saturated heterocycles. The van der Waals surface area contributed by atoms with Gasteiger partial charge in [0.15, 0.2) is 6.79 Å². The van der Waals surface area contributed by atoms with Crippen LogP contribution in [0.5, 0.6) is 11.5 Å². The SMILES string of the molecule is COCOc1ccc(C(=O)c2c(F)cc(F)cc2F)c(OCc2ccccc2)c1. The second kappa shape index (κ2) is 9.25. The van der Waals surface area contributed by atoms with Gasteiger partial charge in [-0.05, 0) is 17.7 Å². The molecule has 150 valence electrons. The normalized spacial score (nSPS) is 10.6. The molecular weight excluding hydrogens is 385 g/mol. The first-order valence-corrected chi connectivity index (χ1v) is 8.61. The van der Waals surface area contributed by atoms with Gasteiger partial charge in [-0.25, -0.2) is 13.2 Å². The molecule has 3 aromatic rings. The van der Waals surface area contributed by atoms with Crippen LogP contribution in [0.15, 0.2) is 60.7 Å². The molecule has 0 radical (unpaired) electrons. The van der Waals surface area contributed by atoms with E-state index in [0.29, 0.717) is 17.9 Å². The van der Waals surface area contributed by atoms with Crippen LogP contribution in [0.3, 0.4) is 0 Å². The molecule has 0 atom stereocenters. The van der Waals surface area contributed by atoms with Crippen LogP contribution in [0.4, 0.5) is 13.2 Å². The highest BCUT2D eigenvalue weighted by atomic mass is 19.1. The molecule has 3 rings (SSSR count). The van der Waals surface area contributed by atoms with Crippen molar-refractivity contribution in [2.45, 2.75) is 6.61 Å². The molecule has 4 nitrogen and oxygen atoms in total. The number of halogens is 3. The van der Waals surface area contributed by atoms with E-state index in [-0.39, 0.29) is 24.7 Å². The molecular formula is C22H17F3O4. The molecule has 29 heavy (non-hydrogen) atoms. The summed E-state index contributed by atoms with van der Waals surface area (Å²) in [7, 11) is 1.45. The molecule has 0 amide bonds. The first-order chi connectivity index (χ1) is 14.0. The van der Waals surface area contributed by atoms with Crippen LogP contribution in [0.2, 0.25) is 0 Å². The molecule has 0 aliphatic carbocycles. The zero-order chi connectivity index (χ0) is 20.8. The molecule has 0 aliphatic heterocycles. The number of rotatable bonds is 8. The number of ether oxygens (including phenoxy) is 3. The lowest BCUT2D eigenvalue weighted by Gasteiger charge is -2.14. The number of ketones is 1. The number of methoxy groups -OCH3 is 1. The smallest absolute Gasteiger partial charge is 0.202 e. The van der Waals surface area contributed by atoms with Crippen LogP contribution in [-0.2, 0) is 11.3 Å². The highest BCUT2D eigenvalue weighted by molar-refractivity contribution is 6.11. The Kier molecular flexibility index (Phi) is 6.51. The Bertz CT molecular complexity index is 983. The Morgan fingerprint density at radius 2 is 1.59 bits per heavy atom. The van der Waals surface area contributed by atoms with Crippen molar-refractivity contribution in [2.24, 2.45) is 0 Å². The molecule has 0 fully saturated rings. The van der Waals surface area contributed by atoms with Crippen molar-refractivity contribution in [3.63, 3.8) is 0 Å². The summed E-state index contributed by atoms with van der Waals surface area (Å²) in [4.78, 5) is 12.8. The van der Waals surface area contributed by atoms with Gasteiger partial charge >= 0.3 is 0 Å². The van der Waals surface area contributed by atoms with Crippen molar-refractivity contribution in [1.82, 2.24) is 0 Å². The van der Waals surface area contributed by atoms with Gasteiger partial charge < -0.3 is 14.2 Å². The van der Waals surface area contributed by atoms with Gasteiger partial charge in [0.25, 0.3) is 0 Å². The van der Waals surface area contributed by atoms with Gasteiger partial charge in [0.05, 0.1) is 11.1 Å².